The Kier molecular flexibility index (Phi) is 7.76. The van der Waals surface area contributed by atoms with Crippen molar-refractivity contribution in [3.63, 3.8) is 0 Å². The molecule has 0 bridgehead atoms. The predicted octanol–water partition coefficient (Wildman–Crippen LogP) is 4.06. The summed E-state index contributed by atoms with van der Waals surface area (Å²) in [6.07, 6.45) is 1.07. The number of rotatable bonds is 7. The van der Waals surface area contributed by atoms with E-state index >= 15 is 0 Å². The number of hydrogen-bond acceptors (Lipinski definition) is 6. The average molecular weight is 503 g/mol. The zero-order valence-electron chi connectivity index (χ0n) is 17.9. The fraction of sp³-hybridized carbons (Fsp3) is 0.381. The van der Waals surface area contributed by atoms with Crippen LogP contribution >= 0.6 is 23.2 Å². The van der Waals surface area contributed by atoms with Gasteiger partial charge in [-0.25, -0.2) is 8.42 Å². The maximum absolute atomic E-state index is 13.3. The second-order valence-electron chi connectivity index (χ2n) is 7.17. The molecule has 8 nitrogen and oxygen atoms in total. The van der Waals surface area contributed by atoms with Crippen molar-refractivity contribution >= 4 is 44.8 Å². The highest BCUT2D eigenvalue weighted by Crippen LogP contribution is 2.37. The molecule has 11 heteroatoms. The van der Waals surface area contributed by atoms with E-state index in [2.05, 4.69) is 5.32 Å². The van der Waals surface area contributed by atoms with Gasteiger partial charge in [0.15, 0.2) is 0 Å². The Morgan fingerprint density at radius 3 is 2.38 bits per heavy atom. The first-order valence-electron chi connectivity index (χ1n) is 9.77. The number of anilines is 1. The standard InChI is InChI=1S/C21H24Cl2N2O6S/c1-29-17-7-6-14(22)9-20(17)32(27,28)25-8-4-5-13(12-25)21(26)24-16-11-18(30-2)15(23)10-19(16)31-3/h6-7,9-11,13H,4-5,8,12H2,1-3H3,(H,24,26)/t13-/m1/s1. The molecule has 1 saturated heterocycles. The molecule has 1 N–H and O–H groups in total. The van der Waals surface area contributed by atoms with Gasteiger partial charge in [-0.1, -0.05) is 23.2 Å². The summed E-state index contributed by atoms with van der Waals surface area (Å²) in [5, 5.41) is 3.42. The number of hydrogen-bond donors (Lipinski definition) is 1. The second-order valence-corrected chi connectivity index (χ2v) is 9.92. The Hall–Kier alpha value is -2.20. The van der Waals surface area contributed by atoms with Crippen LogP contribution in [-0.2, 0) is 14.8 Å². The Morgan fingerprint density at radius 1 is 1.03 bits per heavy atom. The highest BCUT2D eigenvalue weighted by atomic mass is 35.5. The van der Waals surface area contributed by atoms with Gasteiger partial charge in [-0.05, 0) is 31.0 Å². The van der Waals surface area contributed by atoms with Gasteiger partial charge in [-0.15, -0.1) is 0 Å². The SMILES string of the molecule is COc1cc(NC(=O)[C@@H]2CCCN(S(=O)(=O)c3cc(Cl)ccc3OC)C2)c(OC)cc1Cl. The van der Waals surface area contributed by atoms with Crippen LogP contribution in [0.1, 0.15) is 12.8 Å². The maximum atomic E-state index is 13.3. The number of methoxy groups -OCH3 is 3. The average Bonchev–Trinajstić information content (AvgIpc) is 2.79. The van der Waals surface area contributed by atoms with Crippen molar-refractivity contribution in [3.8, 4) is 17.2 Å². The molecule has 2 aromatic rings. The van der Waals surface area contributed by atoms with Crippen LogP contribution in [0.3, 0.4) is 0 Å². The van der Waals surface area contributed by atoms with Crippen LogP contribution in [0, 0.1) is 5.92 Å². The van der Waals surface area contributed by atoms with Crippen molar-refractivity contribution in [1.29, 1.82) is 0 Å². The van der Waals surface area contributed by atoms with E-state index in [9.17, 15) is 13.2 Å². The minimum absolute atomic E-state index is 0.0247. The number of ether oxygens (including phenoxy) is 3. The van der Waals surface area contributed by atoms with Crippen LogP contribution in [0.25, 0.3) is 0 Å². The fourth-order valence-electron chi connectivity index (χ4n) is 3.56. The molecule has 0 aliphatic carbocycles. The smallest absolute Gasteiger partial charge is 0.246 e. The summed E-state index contributed by atoms with van der Waals surface area (Å²) in [5.41, 5.74) is 0.384. The number of amides is 1. The lowest BCUT2D eigenvalue weighted by Gasteiger charge is -2.31. The molecular weight excluding hydrogens is 479 g/mol. The van der Waals surface area contributed by atoms with Crippen molar-refractivity contribution in [2.75, 3.05) is 39.7 Å². The molecular formula is C21H24Cl2N2O6S. The molecule has 3 rings (SSSR count). The summed E-state index contributed by atoms with van der Waals surface area (Å²) < 4.78 is 43.5. The highest BCUT2D eigenvalue weighted by Gasteiger charge is 2.35. The molecule has 32 heavy (non-hydrogen) atoms. The van der Waals surface area contributed by atoms with E-state index in [1.165, 1.54) is 37.8 Å². The molecule has 1 aliphatic heterocycles. The number of carbonyl (C=O) groups excluding carboxylic acids is 1. The molecule has 0 unspecified atom stereocenters. The van der Waals surface area contributed by atoms with Crippen LogP contribution in [0.2, 0.25) is 10.0 Å². The Morgan fingerprint density at radius 2 is 1.72 bits per heavy atom. The lowest BCUT2D eigenvalue weighted by Crippen LogP contribution is -2.43. The van der Waals surface area contributed by atoms with Gasteiger partial charge in [0, 0.05) is 30.2 Å². The van der Waals surface area contributed by atoms with E-state index in [0.29, 0.717) is 41.6 Å². The summed E-state index contributed by atoms with van der Waals surface area (Å²) in [7, 11) is 0.402. The number of benzene rings is 2. The molecule has 0 radical (unpaired) electrons. The molecule has 1 amide bonds. The first kappa shape index (κ1) is 24.4. The molecule has 174 valence electrons. The molecule has 1 heterocycles. The van der Waals surface area contributed by atoms with Gasteiger partial charge in [0.2, 0.25) is 15.9 Å². The van der Waals surface area contributed by atoms with Crippen molar-refractivity contribution in [3.05, 3.63) is 40.4 Å². The summed E-state index contributed by atoms with van der Waals surface area (Å²) in [6.45, 7) is 0.316. The third-order valence-electron chi connectivity index (χ3n) is 5.23. The fourth-order valence-corrected chi connectivity index (χ4v) is 5.73. The van der Waals surface area contributed by atoms with Gasteiger partial charge >= 0.3 is 0 Å². The van der Waals surface area contributed by atoms with Gasteiger partial charge in [0.05, 0.1) is 38.0 Å². The number of sulfonamides is 1. The van der Waals surface area contributed by atoms with Gasteiger partial charge < -0.3 is 19.5 Å². The molecule has 1 fully saturated rings. The predicted molar refractivity (Wildman–Crippen MR) is 123 cm³/mol. The molecule has 1 atom stereocenters. The summed E-state index contributed by atoms with van der Waals surface area (Å²) in [6, 6.07) is 7.51. The summed E-state index contributed by atoms with van der Waals surface area (Å²) in [4.78, 5) is 13.0. The minimum atomic E-state index is -3.91. The molecule has 1 aliphatic rings. The van der Waals surface area contributed by atoms with Crippen molar-refractivity contribution in [1.82, 2.24) is 4.31 Å². The lowest BCUT2D eigenvalue weighted by molar-refractivity contribution is -0.120. The third-order valence-corrected chi connectivity index (χ3v) is 7.65. The highest BCUT2D eigenvalue weighted by molar-refractivity contribution is 7.89. The topological polar surface area (TPSA) is 94.2 Å². The van der Waals surface area contributed by atoms with E-state index in [1.54, 1.807) is 18.2 Å². The van der Waals surface area contributed by atoms with Gasteiger partial charge in [-0.3, -0.25) is 4.79 Å². The van der Waals surface area contributed by atoms with Crippen LogP contribution in [0.4, 0.5) is 5.69 Å². The first-order valence-corrected chi connectivity index (χ1v) is 12.0. The van der Waals surface area contributed by atoms with Gasteiger partial charge in [0.25, 0.3) is 0 Å². The van der Waals surface area contributed by atoms with Crippen LogP contribution in [0.15, 0.2) is 35.2 Å². The van der Waals surface area contributed by atoms with Crippen LogP contribution in [-0.4, -0.2) is 53.0 Å². The minimum Gasteiger partial charge on any atom is -0.495 e. The number of halogens is 2. The van der Waals surface area contributed by atoms with Gasteiger partial charge in [-0.2, -0.15) is 4.31 Å². The zero-order valence-corrected chi connectivity index (χ0v) is 20.2. The van der Waals surface area contributed by atoms with E-state index in [1.807, 2.05) is 0 Å². The normalized spacial score (nSPS) is 17.0. The summed E-state index contributed by atoms with van der Waals surface area (Å²) >= 11 is 12.1. The van der Waals surface area contributed by atoms with Crippen LogP contribution in [0.5, 0.6) is 17.2 Å². The van der Waals surface area contributed by atoms with E-state index in [4.69, 9.17) is 37.4 Å². The number of carbonyl (C=O) groups is 1. The quantitative estimate of drug-likeness (QED) is 0.613. The van der Waals surface area contributed by atoms with Crippen LogP contribution < -0.4 is 19.5 Å². The second kappa shape index (κ2) is 10.2. The third kappa shape index (κ3) is 5.06. The van der Waals surface area contributed by atoms with E-state index in [0.717, 1.165) is 0 Å². The van der Waals surface area contributed by atoms with Crippen molar-refractivity contribution in [2.45, 2.75) is 17.7 Å². The lowest BCUT2D eigenvalue weighted by atomic mass is 9.98. The largest absolute Gasteiger partial charge is 0.495 e. The molecule has 0 spiro atoms. The molecule has 0 aromatic heterocycles. The number of piperidine rings is 1. The summed E-state index contributed by atoms with van der Waals surface area (Å²) in [5.74, 6) is 0.0523. The maximum Gasteiger partial charge on any atom is 0.246 e. The number of nitrogens with zero attached hydrogens (tertiary/aromatic N) is 1. The van der Waals surface area contributed by atoms with Crippen molar-refractivity contribution < 1.29 is 27.4 Å². The zero-order chi connectivity index (χ0) is 23.5. The first-order chi connectivity index (χ1) is 15.2. The Balaban J connectivity index is 1.82. The monoisotopic (exact) mass is 502 g/mol. The van der Waals surface area contributed by atoms with E-state index in [-0.39, 0.29) is 28.1 Å². The Labute approximate surface area is 197 Å². The van der Waals surface area contributed by atoms with Gasteiger partial charge in [0.1, 0.15) is 22.1 Å². The van der Waals surface area contributed by atoms with Crippen molar-refractivity contribution in [2.24, 2.45) is 5.92 Å². The molecule has 2 aromatic carbocycles. The number of nitrogens with one attached hydrogen (secondary N) is 1. The Bertz CT molecular complexity index is 1110. The molecule has 0 saturated carbocycles. The van der Waals surface area contributed by atoms with E-state index < -0.39 is 15.9 Å².